The molecule has 1 aromatic carbocycles. The van der Waals surface area contributed by atoms with E-state index in [0.717, 1.165) is 45.0 Å². The van der Waals surface area contributed by atoms with E-state index in [1.165, 1.54) is 0 Å². The molecule has 0 saturated carbocycles. The van der Waals surface area contributed by atoms with Gasteiger partial charge in [0.05, 0.1) is 15.8 Å². The molecule has 1 aliphatic rings. The molecule has 1 aliphatic heterocycles. The van der Waals surface area contributed by atoms with Crippen molar-refractivity contribution in [3.05, 3.63) is 76.0 Å². The third-order valence-electron chi connectivity index (χ3n) is 5.68. The molecule has 0 spiro atoms. The molecule has 3 aromatic heterocycles. The highest BCUT2D eigenvalue weighted by atomic mass is 127. The van der Waals surface area contributed by atoms with Gasteiger partial charge in [-0.15, -0.1) is 11.3 Å². The highest BCUT2D eigenvalue weighted by Gasteiger charge is 2.30. The lowest BCUT2D eigenvalue weighted by molar-refractivity contribution is 0.0753. The predicted molar refractivity (Wildman–Crippen MR) is 127 cm³/mol. The highest BCUT2D eigenvalue weighted by molar-refractivity contribution is 14.1. The Balaban J connectivity index is 1.82. The quantitative estimate of drug-likeness (QED) is 0.278. The van der Waals surface area contributed by atoms with E-state index in [0.29, 0.717) is 11.1 Å². The number of carbonyl (C=O) groups is 1. The molecule has 0 aliphatic carbocycles. The minimum absolute atomic E-state index is 0.0275. The SMILES string of the molecule is O=C(c1cc(-c2ccccc2)c(=O)n2ccc3ccsc3c12)N1CCC[C@@H]1CI. The van der Waals surface area contributed by atoms with Crippen LogP contribution in [-0.4, -0.2) is 32.2 Å². The Morgan fingerprint density at radius 1 is 1.17 bits per heavy atom. The summed E-state index contributed by atoms with van der Waals surface area (Å²) in [6.45, 7) is 0.777. The van der Waals surface area contributed by atoms with Crippen molar-refractivity contribution in [3.8, 4) is 11.1 Å². The molecule has 0 N–H and O–H groups in total. The van der Waals surface area contributed by atoms with Crippen LogP contribution in [0.1, 0.15) is 23.2 Å². The molecule has 5 rings (SSSR count). The second-order valence-corrected chi connectivity index (χ2v) is 9.13. The van der Waals surface area contributed by atoms with Crippen LogP contribution in [0.5, 0.6) is 0 Å². The molecule has 6 heteroatoms. The molecule has 4 nitrogen and oxygen atoms in total. The van der Waals surface area contributed by atoms with Crippen LogP contribution in [0, 0.1) is 0 Å². The van der Waals surface area contributed by atoms with Gasteiger partial charge in [-0.05, 0) is 47.4 Å². The topological polar surface area (TPSA) is 41.8 Å². The lowest BCUT2D eigenvalue weighted by atomic mass is 10.0. The van der Waals surface area contributed by atoms with Crippen LogP contribution >= 0.6 is 33.9 Å². The standard InChI is InChI=1S/C23H19IN2O2S/c24-14-17-7-4-10-25(17)23(28)19-13-18(15-5-2-1-3-6-15)22(27)26-11-8-16-9-12-29-21(16)20(19)26/h1-3,5-6,8-9,11-13,17H,4,7,10,14H2/t17-/m1/s1. The highest BCUT2D eigenvalue weighted by Crippen LogP contribution is 2.31. The average Bonchev–Trinajstić information content (AvgIpc) is 3.43. The minimum Gasteiger partial charge on any atom is -0.335 e. The third kappa shape index (κ3) is 3.09. The van der Waals surface area contributed by atoms with Gasteiger partial charge >= 0.3 is 0 Å². The van der Waals surface area contributed by atoms with Gasteiger partial charge in [0.25, 0.3) is 11.5 Å². The molecule has 0 bridgehead atoms. The van der Waals surface area contributed by atoms with Crippen molar-refractivity contribution in [2.45, 2.75) is 18.9 Å². The van der Waals surface area contributed by atoms with E-state index in [1.807, 2.05) is 58.8 Å². The smallest absolute Gasteiger partial charge is 0.263 e. The van der Waals surface area contributed by atoms with Crippen LogP contribution in [0.2, 0.25) is 0 Å². The van der Waals surface area contributed by atoms with Gasteiger partial charge in [-0.2, -0.15) is 0 Å². The summed E-state index contributed by atoms with van der Waals surface area (Å²) in [6, 6.07) is 15.7. The number of aromatic nitrogens is 1. The minimum atomic E-state index is -0.0927. The fourth-order valence-corrected chi connectivity index (χ4v) is 6.07. The van der Waals surface area contributed by atoms with Gasteiger partial charge in [0.2, 0.25) is 0 Å². The van der Waals surface area contributed by atoms with Gasteiger partial charge in [-0.3, -0.25) is 14.0 Å². The van der Waals surface area contributed by atoms with Gasteiger partial charge in [0.1, 0.15) is 0 Å². The van der Waals surface area contributed by atoms with Crippen molar-refractivity contribution in [3.63, 3.8) is 0 Å². The monoisotopic (exact) mass is 514 g/mol. The third-order valence-corrected chi connectivity index (χ3v) is 7.63. The first-order chi connectivity index (χ1) is 14.2. The van der Waals surface area contributed by atoms with Crippen LogP contribution in [0.25, 0.3) is 26.7 Å². The van der Waals surface area contributed by atoms with Crippen molar-refractivity contribution in [1.29, 1.82) is 0 Å². The summed E-state index contributed by atoms with van der Waals surface area (Å²) < 4.78 is 3.57. The molecule has 29 heavy (non-hydrogen) atoms. The van der Waals surface area contributed by atoms with Gasteiger partial charge < -0.3 is 4.90 Å². The first-order valence-corrected chi connectivity index (χ1v) is 12.1. The van der Waals surface area contributed by atoms with E-state index in [4.69, 9.17) is 0 Å². The fraction of sp³-hybridized carbons (Fsp3) is 0.217. The normalized spacial score (nSPS) is 16.7. The Kier molecular flexibility index (Phi) is 4.91. The number of nitrogens with zero attached hydrogens (tertiary/aromatic N) is 2. The number of carbonyl (C=O) groups excluding carboxylic acids is 1. The number of likely N-dealkylation sites (tertiary alicyclic amines) is 1. The molecule has 4 aromatic rings. The molecule has 1 fully saturated rings. The number of rotatable bonds is 3. The zero-order valence-electron chi connectivity index (χ0n) is 15.7. The Labute approximate surface area is 185 Å². The van der Waals surface area contributed by atoms with Gasteiger partial charge in [-0.25, -0.2) is 0 Å². The van der Waals surface area contributed by atoms with E-state index in [-0.39, 0.29) is 17.5 Å². The second kappa shape index (κ2) is 7.57. The van der Waals surface area contributed by atoms with E-state index in [9.17, 15) is 9.59 Å². The number of pyridine rings is 2. The Morgan fingerprint density at radius 2 is 2.00 bits per heavy atom. The maximum atomic E-state index is 13.7. The van der Waals surface area contributed by atoms with Crippen molar-refractivity contribution >= 4 is 55.4 Å². The van der Waals surface area contributed by atoms with Crippen LogP contribution in [0.15, 0.2) is 64.9 Å². The molecule has 4 heterocycles. The first-order valence-electron chi connectivity index (χ1n) is 9.67. The summed E-state index contributed by atoms with van der Waals surface area (Å²) in [4.78, 5) is 29.0. The van der Waals surface area contributed by atoms with E-state index in [2.05, 4.69) is 22.6 Å². The number of hydrogen-bond donors (Lipinski definition) is 0. The van der Waals surface area contributed by atoms with Crippen LogP contribution < -0.4 is 5.56 Å². The molecule has 1 atom stereocenters. The lowest BCUT2D eigenvalue weighted by Crippen LogP contribution is -2.37. The van der Waals surface area contributed by atoms with E-state index < -0.39 is 0 Å². The van der Waals surface area contributed by atoms with Crippen molar-refractivity contribution in [2.75, 3.05) is 11.0 Å². The number of fused-ring (bicyclic) bond motifs is 3. The Hall–Kier alpha value is -2.19. The number of amides is 1. The first kappa shape index (κ1) is 18.8. The molecule has 0 unspecified atom stereocenters. The lowest BCUT2D eigenvalue weighted by Gasteiger charge is -2.24. The number of halogens is 1. The van der Waals surface area contributed by atoms with E-state index in [1.54, 1.807) is 21.9 Å². The van der Waals surface area contributed by atoms with Gasteiger partial charge in [-0.1, -0.05) is 52.9 Å². The zero-order valence-corrected chi connectivity index (χ0v) is 18.7. The average molecular weight is 514 g/mol. The maximum Gasteiger partial charge on any atom is 0.263 e. The summed E-state index contributed by atoms with van der Waals surface area (Å²) in [5.41, 5.74) is 2.65. The summed E-state index contributed by atoms with van der Waals surface area (Å²) >= 11 is 3.94. The fourth-order valence-electron chi connectivity index (χ4n) is 4.21. The molecular weight excluding hydrogens is 495 g/mol. The molecule has 1 amide bonds. The largest absolute Gasteiger partial charge is 0.335 e. The molecule has 0 radical (unpaired) electrons. The second-order valence-electron chi connectivity index (χ2n) is 7.33. The number of alkyl halides is 1. The van der Waals surface area contributed by atoms with Gasteiger partial charge in [0.15, 0.2) is 0 Å². The summed E-state index contributed by atoms with van der Waals surface area (Å²) in [5, 5.41) is 3.07. The molecular formula is C23H19IN2O2S. The number of benzene rings is 1. The Morgan fingerprint density at radius 3 is 2.79 bits per heavy atom. The zero-order chi connectivity index (χ0) is 20.0. The van der Waals surface area contributed by atoms with Crippen LogP contribution in [0.4, 0.5) is 0 Å². The molecule has 1 saturated heterocycles. The number of hydrogen-bond acceptors (Lipinski definition) is 3. The van der Waals surface area contributed by atoms with Crippen LogP contribution in [-0.2, 0) is 0 Å². The van der Waals surface area contributed by atoms with Gasteiger partial charge in [0, 0.05) is 28.8 Å². The molecule has 146 valence electrons. The summed E-state index contributed by atoms with van der Waals surface area (Å²) in [5.74, 6) is 0.0275. The predicted octanol–water partition coefficient (Wildman–Crippen LogP) is 5.22. The van der Waals surface area contributed by atoms with Crippen LogP contribution in [0.3, 0.4) is 0 Å². The maximum absolute atomic E-state index is 13.7. The summed E-state index contributed by atoms with van der Waals surface area (Å²) in [7, 11) is 0. The Bertz CT molecular complexity index is 1280. The summed E-state index contributed by atoms with van der Waals surface area (Å²) in [6.07, 6.45) is 3.87. The van der Waals surface area contributed by atoms with Crippen molar-refractivity contribution in [1.82, 2.24) is 9.30 Å². The number of thiophene rings is 1. The van der Waals surface area contributed by atoms with E-state index >= 15 is 0 Å². The van der Waals surface area contributed by atoms with Crippen molar-refractivity contribution < 1.29 is 4.79 Å². The van der Waals surface area contributed by atoms with Crippen molar-refractivity contribution in [2.24, 2.45) is 0 Å².